The highest BCUT2D eigenvalue weighted by atomic mass is 32.2. The van der Waals surface area contributed by atoms with Crippen LogP contribution < -0.4 is 4.72 Å². The number of rotatable bonds is 6. The van der Waals surface area contributed by atoms with Crippen molar-refractivity contribution < 1.29 is 13.5 Å². The van der Waals surface area contributed by atoms with Crippen LogP contribution in [-0.2, 0) is 10.0 Å². The Morgan fingerprint density at radius 2 is 1.94 bits per heavy atom. The lowest BCUT2D eigenvalue weighted by Crippen LogP contribution is -2.28. The molecule has 0 aliphatic carbocycles. The molecule has 7 heteroatoms. The van der Waals surface area contributed by atoms with E-state index in [1.807, 2.05) is 17.5 Å². The van der Waals surface area contributed by atoms with Crippen molar-refractivity contribution in [3.05, 3.63) is 39.9 Å². The van der Waals surface area contributed by atoms with E-state index in [-0.39, 0.29) is 12.6 Å². The first-order valence-corrected chi connectivity index (χ1v) is 8.58. The summed E-state index contributed by atoms with van der Waals surface area (Å²) < 4.78 is 27.1. The van der Waals surface area contributed by atoms with Crippen LogP contribution in [0.3, 0.4) is 0 Å². The van der Waals surface area contributed by atoms with Gasteiger partial charge in [-0.1, -0.05) is 12.1 Å². The van der Waals surface area contributed by atoms with Gasteiger partial charge in [-0.2, -0.15) is 0 Å². The van der Waals surface area contributed by atoms with Gasteiger partial charge in [0.15, 0.2) is 0 Å². The Bertz CT molecular complexity index is 561. The molecule has 0 amide bonds. The van der Waals surface area contributed by atoms with Gasteiger partial charge in [-0.05, 0) is 29.3 Å². The number of sulfonamides is 1. The van der Waals surface area contributed by atoms with Crippen molar-refractivity contribution in [1.29, 1.82) is 0 Å². The highest BCUT2D eigenvalue weighted by molar-refractivity contribution is 7.91. The van der Waals surface area contributed by atoms with Crippen molar-refractivity contribution in [3.8, 4) is 0 Å². The SMILES string of the molecule is O=S(=O)(N[C@H](CCO)c1cccs1)c1cccs1. The normalized spacial score (nSPS) is 13.6. The van der Waals surface area contributed by atoms with Gasteiger partial charge < -0.3 is 5.11 Å². The second-order valence-corrected chi connectivity index (χ2v) is 7.50. The minimum absolute atomic E-state index is 0.0600. The summed E-state index contributed by atoms with van der Waals surface area (Å²) in [6.07, 6.45) is 0.366. The molecule has 4 nitrogen and oxygen atoms in total. The van der Waals surface area contributed by atoms with Crippen molar-refractivity contribution in [2.24, 2.45) is 0 Å². The van der Waals surface area contributed by atoms with E-state index in [4.69, 9.17) is 5.11 Å². The number of aliphatic hydroxyl groups excluding tert-OH is 1. The number of hydrogen-bond donors (Lipinski definition) is 2. The van der Waals surface area contributed by atoms with Crippen molar-refractivity contribution in [3.63, 3.8) is 0 Å². The minimum Gasteiger partial charge on any atom is -0.396 e. The third-order valence-corrected chi connectivity index (χ3v) is 6.22. The summed E-state index contributed by atoms with van der Waals surface area (Å²) in [5.41, 5.74) is 0. The molecule has 18 heavy (non-hydrogen) atoms. The second kappa shape index (κ2) is 5.94. The van der Waals surface area contributed by atoms with E-state index < -0.39 is 10.0 Å². The van der Waals surface area contributed by atoms with Crippen LogP contribution in [-0.4, -0.2) is 20.1 Å². The highest BCUT2D eigenvalue weighted by Crippen LogP contribution is 2.25. The predicted octanol–water partition coefficient (Wildman–Crippen LogP) is 2.21. The van der Waals surface area contributed by atoms with Crippen molar-refractivity contribution in [1.82, 2.24) is 4.72 Å². The molecule has 0 aromatic carbocycles. The van der Waals surface area contributed by atoms with Crippen LogP contribution in [0.1, 0.15) is 17.3 Å². The van der Waals surface area contributed by atoms with Gasteiger partial charge in [0, 0.05) is 11.5 Å². The van der Waals surface area contributed by atoms with Crippen LogP contribution in [0.4, 0.5) is 0 Å². The van der Waals surface area contributed by atoms with E-state index in [0.29, 0.717) is 10.6 Å². The van der Waals surface area contributed by atoms with Gasteiger partial charge in [0.05, 0.1) is 6.04 Å². The van der Waals surface area contributed by atoms with Crippen LogP contribution in [0.15, 0.2) is 39.2 Å². The van der Waals surface area contributed by atoms with Crippen LogP contribution in [0.25, 0.3) is 0 Å². The summed E-state index contributed by atoms with van der Waals surface area (Å²) in [6, 6.07) is 6.62. The molecule has 0 fully saturated rings. The molecular weight excluding hydrogens is 290 g/mol. The molecule has 0 aliphatic heterocycles. The zero-order valence-corrected chi connectivity index (χ0v) is 11.9. The average molecular weight is 303 g/mol. The Morgan fingerprint density at radius 1 is 1.22 bits per heavy atom. The maximum atomic E-state index is 12.1. The fraction of sp³-hybridized carbons (Fsp3) is 0.273. The van der Waals surface area contributed by atoms with Gasteiger partial charge in [-0.25, -0.2) is 13.1 Å². The zero-order valence-electron chi connectivity index (χ0n) is 9.44. The average Bonchev–Trinajstić information content (AvgIpc) is 3.02. The van der Waals surface area contributed by atoms with Crippen molar-refractivity contribution in [2.75, 3.05) is 6.61 Å². The molecule has 0 unspecified atom stereocenters. The molecule has 2 heterocycles. The Hall–Kier alpha value is -0.730. The molecule has 0 saturated carbocycles. The van der Waals surface area contributed by atoms with Crippen LogP contribution >= 0.6 is 22.7 Å². The van der Waals surface area contributed by atoms with Gasteiger partial charge >= 0.3 is 0 Å². The van der Waals surface area contributed by atoms with Gasteiger partial charge in [0.25, 0.3) is 10.0 Å². The molecule has 0 saturated heterocycles. The predicted molar refractivity (Wildman–Crippen MR) is 73.4 cm³/mol. The zero-order chi connectivity index (χ0) is 13.0. The van der Waals surface area contributed by atoms with Gasteiger partial charge in [-0.3, -0.25) is 0 Å². The first kappa shape index (κ1) is 13.7. The van der Waals surface area contributed by atoms with Crippen molar-refractivity contribution in [2.45, 2.75) is 16.7 Å². The summed E-state index contributed by atoms with van der Waals surface area (Å²) >= 11 is 2.65. The number of nitrogens with one attached hydrogen (secondary N) is 1. The lowest BCUT2D eigenvalue weighted by Gasteiger charge is -2.15. The van der Waals surface area contributed by atoms with Crippen LogP contribution in [0.5, 0.6) is 0 Å². The lowest BCUT2D eigenvalue weighted by atomic mass is 10.2. The van der Waals surface area contributed by atoms with E-state index in [9.17, 15) is 8.42 Å². The molecule has 2 aromatic heterocycles. The summed E-state index contributed by atoms with van der Waals surface area (Å²) in [4.78, 5) is 0.907. The molecule has 0 bridgehead atoms. The second-order valence-electron chi connectivity index (χ2n) is 3.63. The van der Waals surface area contributed by atoms with E-state index in [1.54, 1.807) is 17.5 Å². The number of hydrogen-bond acceptors (Lipinski definition) is 5. The maximum absolute atomic E-state index is 12.1. The van der Waals surface area contributed by atoms with E-state index in [1.165, 1.54) is 22.7 Å². The third-order valence-electron chi connectivity index (χ3n) is 2.36. The standard InChI is InChI=1S/C11H13NO3S3/c13-6-5-9(10-3-1-7-16-10)12-18(14,15)11-4-2-8-17-11/h1-4,7-9,12-13H,5-6H2/t9-/m1/s1. The van der Waals surface area contributed by atoms with E-state index in [2.05, 4.69) is 4.72 Å². The molecule has 0 spiro atoms. The first-order valence-electron chi connectivity index (χ1n) is 5.33. The van der Waals surface area contributed by atoms with Crippen LogP contribution in [0.2, 0.25) is 0 Å². The minimum atomic E-state index is -3.50. The quantitative estimate of drug-likeness (QED) is 0.860. The van der Waals surface area contributed by atoms with E-state index in [0.717, 1.165) is 4.88 Å². The van der Waals surface area contributed by atoms with E-state index >= 15 is 0 Å². The molecule has 1 atom stereocenters. The van der Waals surface area contributed by atoms with Crippen molar-refractivity contribution >= 4 is 32.7 Å². The smallest absolute Gasteiger partial charge is 0.250 e. The van der Waals surface area contributed by atoms with Gasteiger partial charge in [-0.15, -0.1) is 22.7 Å². The maximum Gasteiger partial charge on any atom is 0.250 e. The molecule has 0 radical (unpaired) electrons. The Labute approximate surface area is 114 Å². The fourth-order valence-corrected chi connectivity index (χ4v) is 4.69. The Kier molecular flexibility index (Phi) is 4.52. The first-order chi connectivity index (χ1) is 8.63. The van der Waals surface area contributed by atoms with Gasteiger partial charge in [0.1, 0.15) is 4.21 Å². The summed E-state index contributed by atoms with van der Waals surface area (Å²) in [5.74, 6) is 0. The molecule has 2 N–H and O–H groups in total. The topological polar surface area (TPSA) is 66.4 Å². The Morgan fingerprint density at radius 3 is 2.50 bits per heavy atom. The molecule has 2 rings (SSSR count). The fourth-order valence-electron chi connectivity index (χ4n) is 1.54. The molecular formula is C11H13NO3S3. The number of aliphatic hydroxyl groups is 1. The largest absolute Gasteiger partial charge is 0.396 e. The lowest BCUT2D eigenvalue weighted by molar-refractivity contribution is 0.273. The van der Waals surface area contributed by atoms with Gasteiger partial charge in [0.2, 0.25) is 0 Å². The molecule has 0 aliphatic rings. The molecule has 98 valence electrons. The summed E-state index contributed by atoms with van der Waals surface area (Å²) in [7, 11) is -3.50. The summed E-state index contributed by atoms with van der Waals surface area (Å²) in [5, 5.41) is 12.6. The van der Waals surface area contributed by atoms with Crippen LogP contribution in [0, 0.1) is 0 Å². The number of thiophene rings is 2. The highest BCUT2D eigenvalue weighted by Gasteiger charge is 2.22. The third kappa shape index (κ3) is 3.18. The summed E-state index contributed by atoms with van der Waals surface area (Å²) in [6.45, 7) is -0.0600. The Balaban J connectivity index is 2.20. The molecule has 2 aromatic rings. The monoisotopic (exact) mass is 303 g/mol.